The van der Waals surface area contributed by atoms with Gasteiger partial charge in [-0.3, -0.25) is 19.0 Å². The van der Waals surface area contributed by atoms with Crippen molar-refractivity contribution in [2.45, 2.75) is 38.1 Å². The molecule has 1 aliphatic carbocycles. The molecule has 8 nitrogen and oxygen atoms in total. The summed E-state index contributed by atoms with van der Waals surface area (Å²) in [6.45, 7) is 0.0583. The fourth-order valence-electron chi connectivity index (χ4n) is 3.31. The Balaban J connectivity index is 2.27. The molecular weight excluding hydrogens is 346 g/mol. The lowest BCUT2D eigenvalue weighted by atomic mass is 9.86. The van der Waals surface area contributed by atoms with Gasteiger partial charge in [0, 0.05) is 18.4 Å². The Morgan fingerprint density at radius 2 is 2.24 bits per heavy atom. The normalized spacial score (nSPS) is 16.8. The number of carboxylic acids is 1. The number of amides is 1. The number of aliphatic carboxylic acids is 1. The van der Waals surface area contributed by atoms with Crippen molar-refractivity contribution in [3.8, 4) is 0 Å². The number of ether oxygens (including phenoxy) is 1. The highest BCUT2D eigenvalue weighted by Crippen LogP contribution is 2.40. The van der Waals surface area contributed by atoms with Crippen LogP contribution >= 0.6 is 11.3 Å². The number of aryl methyl sites for hydroxylation is 1. The third kappa shape index (κ3) is 3.16. The molecule has 25 heavy (non-hydrogen) atoms. The van der Waals surface area contributed by atoms with Crippen LogP contribution in [-0.2, 0) is 33.7 Å². The van der Waals surface area contributed by atoms with Crippen molar-refractivity contribution >= 4 is 33.4 Å². The number of methoxy groups -OCH3 is 1. The van der Waals surface area contributed by atoms with Crippen LogP contribution in [-0.4, -0.2) is 40.3 Å². The van der Waals surface area contributed by atoms with Gasteiger partial charge in [0.15, 0.2) is 0 Å². The van der Waals surface area contributed by atoms with E-state index in [4.69, 9.17) is 10.5 Å². The zero-order valence-corrected chi connectivity index (χ0v) is 14.6. The van der Waals surface area contributed by atoms with Crippen LogP contribution in [0.4, 0.5) is 0 Å². The SMILES string of the molecule is COCCc1nc2sc3c(c2c(=O)n1CC(N)=O)C(C(=O)O)CCC3. The summed E-state index contributed by atoms with van der Waals surface area (Å²) < 4.78 is 6.28. The molecule has 2 aromatic rings. The molecule has 2 heterocycles. The predicted octanol–water partition coefficient (Wildman–Crippen LogP) is 0.637. The van der Waals surface area contributed by atoms with Crippen molar-refractivity contribution in [1.29, 1.82) is 0 Å². The molecule has 0 spiro atoms. The van der Waals surface area contributed by atoms with E-state index < -0.39 is 23.4 Å². The minimum Gasteiger partial charge on any atom is -0.481 e. The molecule has 1 unspecified atom stereocenters. The van der Waals surface area contributed by atoms with Gasteiger partial charge in [0.05, 0.1) is 17.9 Å². The molecule has 2 aromatic heterocycles. The van der Waals surface area contributed by atoms with E-state index >= 15 is 0 Å². The molecule has 0 bridgehead atoms. The Hall–Kier alpha value is -2.26. The lowest BCUT2D eigenvalue weighted by Gasteiger charge is -2.19. The molecule has 3 N–H and O–H groups in total. The van der Waals surface area contributed by atoms with E-state index in [0.717, 1.165) is 17.7 Å². The van der Waals surface area contributed by atoms with Gasteiger partial charge < -0.3 is 15.6 Å². The van der Waals surface area contributed by atoms with Crippen molar-refractivity contribution < 1.29 is 19.4 Å². The quantitative estimate of drug-likeness (QED) is 0.774. The topological polar surface area (TPSA) is 125 Å². The average Bonchev–Trinajstić information content (AvgIpc) is 2.93. The zero-order valence-electron chi connectivity index (χ0n) is 13.8. The average molecular weight is 365 g/mol. The van der Waals surface area contributed by atoms with Gasteiger partial charge in [-0.05, 0) is 24.8 Å². The van der Waals surface area contributed by atoms with Crippen molar-refractivity contribution in [3.05, 3.63) is 26.6 Å². The highest BCUT2D eigenvalue weighted by Gasteiger charge is 2.32. The molecule has 1 atom stereocenters. The van der Waals surface area contributed by atoms with Crippen LogP contribution in [0, 0.1) is 0 Å². The number of nitrogens with zero attached hydrogens (tertiary/aromatic N) is 2. The molecule has 0 saturated carbocycles. The molecule has 0 aliphatic heterocycles. The minimum atomic E-state index is -0.940. The standard InChI is InChI=1S/C16H19N3O5S/c1-24-6-5-11-18-14-13(15(21)19(11)7-10(17)20)12-8(16(22)23)3-2-4-9(12)25-14/h8H,2-7H2,1H3,(H2,17,20)(H,22,23). The van der Waals surface area contributed by atoms with Crippen molar-refractivity contribution in [2.75, 3.05) is 13.7 Å². The van der Waals surface area contributed by atoms with E-state index in [2.05, 4.69) is 4.98 Å². The maximum atomic E-state index is 13.0. The van der Waals surface area contributed by atoms with Gasteiger partial charge in [-0.2, -0.15) is 0 Å². The molecule has 1 aliphatic rings. The van der Waals surface area contributed by atoms with Gasteiger partial charge in [0.25, 0.3) is 5.56 Å². The molecule has 0 aromatic carbocycles. The van der Waals surface area contributed by atoms with Crippen LogP contribution in [0.25, 0.3) is 10.2 Å². The first-order chi connectivity index (χ1) is 11.9. The van der Waals surface area contributed by atoms with Crippen LogP contribution in [0.3, 0.4) is 0 Å². The van der Waals surface area contributed by atoms with E-state index in [1.807, 2.05) is 0 Å². The number of carboxylic acid groups (broad SMARTS) is 1. The van der Waals surface area contributed by atoms with Gasteiger partial charge >= 0.3 is 5.97 Å². The number of rotatable bonds is 6. The summed E-state index contributed by atoms with van der Waals surface area (Å²) in [7, 11) is 1.54. The summed E-state index contributed by atoms with van der Waals surface area (Å²) in [5, 5.41) is 9.84. The first-order valence-electron chi connectivity index (χ1n) is 7.99. The zero-order chi connectivity index (χ0) is 18.1. The van der Waals surface area contributed by atoms with Crippen LogP contribution in [0.1, 0.15) is 35.0 Å². The smallest absolute Gasteiger partial charge is 0.311 e. The second kappa shape index (κ2) is 6.93. The molecule has 9 heteroatoms. The largest absolute Gasteiger partial charge is 0.481 e. The van der Waals surface area contributed by atoms with Crippen molar-refractivity contribution in [3.63, 3.8) is 0 Å². The number of carbonyl (C=O) groups is 2. The fraction of sp³-hybridized carbons (Fsp3) is 0.500. The van der Waals surface area contributed by atoms with Gasteiger partial charge in [0.2, 0.25) is 5.91 Å². The highest BCUT2D eigenvalue weighted by atomic mass is 32.1. The van der Waals surface area contributed by atoms with E-state index in [0.29, 0.717) is 41.1 Å². The highest BCUT2D eigenvalue weighted by molar-refractivity contribution is 7.18. The van der Waals surface area contributed by atoms with Crippen LogP contribution in [0.5, 0.6) is 0 Å². The number of fused-ring (bicyclic) bond motifs is 3. The van der Waals surface area contributed by atoms with Crippen LogP contribution in [0.2, 0.25) is 0 Å². The third-order valence-electron chi connectivity index (χ3n) is 4.39. The number of hydrogen-bond donors (Lipinski definition) is 2. The summed E-state index contributed by atoms with van der Waals surface area (Å²) in [6.07, 6.45) is 2.36. The summed E-state index contributed by atoms with van der Waals surface area (Å²) >= 11 is 1.37. The minimum absolute atomic E-state index is 0.289. The maximum absolute atomic E-state index is 13.0. The first kappa shape index (κ1) is 17.6. The Bertz CT molecular complexity index is 901. The number of hydrogen-bond acceptors (Lipinski definition) is 6. The Morgan fingerprint density at radius 3 is 2.88 bits per heavy atom. The molecule has 1 amide bonds. The summed E-state index contributed by atoms with van der Waals surface area (Å²) in [5.74, 6) is -1.88. The molecule has 3 rings (SSSR count). The Kier molecular flexibility index (Phi) is 4.87. The molecule has 134 valence electrons. The lowest BCUT2D eigenvalue weighted by Crippen LogP contribution is -2.32. The summed E-state index contributed by atoms with van der Waals surface area (Å²) in [5.41, 5.74) is 5.43. The number of thiophene rings is 1. The Labute approximate surface area is 147 Å². The first-order valence-corrected chi connectivity index (χ1v) is 8.80. The molecule has 0 radical (unpaired) electrons. The summed E-state index contributed by atoms with van der Waals surface area (Å²) in [6, 6.07) is 0. The number of primary amides is 1. The van der Waals surface area contributed by atoms with Crippen molar-refractivity contribution in [1.82, 2.24) is 9.55 Å². The second-order valence-electron chi connectivity index (χ2n) is 6.03. The van der Waals surface area contributed by atoms with Gasteiger partial charge in [-0.15, -0.1) is 11.3 Å². The van der Waals surface area contributed by atoms with Gasteiger partial charge in [-0.1, -0.05) is 0 Å². The van der Waals surface area contributed by atoms with Crippen LogP contribution < -0.4 is 11.3 Å². The molecular formula is C16H19N3O5S. The number of aromatic nitrogens is 2. The van der Waals surface area contributed by atoms with Gasteiger partial charge in [-0.25, -0.2) is 4.98 Å². The van der Waals surface area contributed by atoms with Gasteiger partial charge in [0.1, 0.15) is 17.2 Å². The van der Waals surface area contributed by atoms with E-state index in [1.165, 1.54) is 23.0 Å². The monoisotopic (exact) mass is 365 g/mol. The van der Waals surface area contributed by atoms with Crippen LogP contribution in [0.15, 0.2) is 4.79 Å². The number of nitrogens with two attached hydrogens (primary N) is 1. The number of carbonyl (C=O) groups excluding carboxylic acids is 1. The van der Waals surface area contributed by atoms with Crippen molar-refractivity contribution in [2.24, 2.45) is 5.73 Å². The molecule has 0 saturated heterocycles. The predicted molar refractivity (Wildman–Crippen MR) is 92.0 cm³/mol. The van der Waals surface area contributed by atoms with E-state index in [-0.39, 0.29) is 6.54 Å². The second-order valence-corrected chi connectivity index (χ2v) is 7.11. The van der Waals surface area contributed by atoms with E-state index in [9.17, 15) is 19.5 Å². The maximum Gasteiger partial charge on any atom is 0.311 e. The third-order valence-corrected chi connectivity index (χ3v) is 5.55. The fourth-order valence-corrected chi connectivity index (χ4v) is 4.59. The molecule has 0 fully saturated rings. The summed E-state index contributed by atoms with van der Waals surface area (Å²) in [4.78, 5) is 42.0. The van der Waals surface area contributed by atoms with E-state index in [1.54, 1.807) is 0 Å². The lowest BCUT2D eigenvalue weighted by molar-refractivity contribution is -0.139. The Morgan fingerprint density at radius 1 is 1.48 bits per heavy atom.